The van der Waals surface area contributed by atoms with Gasteiger partial charge in [-0.2, -0.15) is 5.26 Å². The molecule has 0 aromatic carbocycles. The zero-order valence-electron chi connectivity index (χ0n) is 12.9. The van der Waals surface area contributed by atoms with Crippen LogP contribution in [0.1, 0.15) is 26.3 Å². The van der Waals surface area contributed by atoms with Crippen LogP contribution in [0.2, 0.25) is 0 Å². The number of aromatic nitrogens is 2. The van der Waals surface area contributed by atoms with Gasteiger partial charge in [-0.1, -0.05) is 13.8 Å². The highest BCUT2D eigenvalue weighted by Gasteiger charge is 2.13. The lowest BCUT2D eigenvalue weighted by Crippen LogP contribution is -2.39. The number of carbonyl (C=O) groups is 1. The summed E-state index contributed by atoms with van der Waals surface area (Å²) >= 11 is 0. The van der Waals surface area contributed by atoms with Gasteiger partial charge in [0, 0.05) is 25.9 Å². The highest BCUT2D eigenvalue weighted by Crippen LogP contribution is 1.97. The van der Waals surface area contributed by atoms with Gasteiger partial charge in [0.2, 0.25) is 5.91 Å². The zero-order valence-corrected chi connectivity index (χ0v) is 12.9. The molecule has 0 aliphatic carbocycles. The monoisotopic (exact) mass is 308 g/mol. The van der Waals surface area contributed by atoms with Crippen molar-refractivity contribution in [3.63, 3.8) is 0 Å². The molecular weight excluding hydrogens is 288 g/mol. The van der Waals surface area contributed by atoms with Crippen LogP contribution >= 0.6 is 0 Å². The van der Waals surface area contributed by atoms with Crippen LogP contribution in [0.15, 0.2) is 15.8 Å². The molecule has 0 saturated carbocycles. The second-order valence-electron chi connectivity index (χ2n) is 5.27. The Balaban J connectivity index is 2.54. The first-order valence-corrected chi connectivity index (χ1v) is 6.98. The minimum atomic E-state index is -0.719. The summed E-state index contributed by atoms with van der Waals surface area (Å²) in [6, 6.07) is 1.70. The standard InChI is InChI=1S/C14H20N4O4/c1-9(2)8-22-10(3)12(19)16-4-5-18-7-11(6-15)13(20)17-14(18)21/h7,9-10H,4-5,8H2,1-3H3,(H,16,19)(H,17,20,21). The van der Waals surface area contributed by atoms with E-state index in [1.54, 1.807) is 13.0 Å². The number of hydrogen-bond acceptors (Lipinski definition) is 5. The summed E-state index contributed by atoms with van der Waals surface area (Å²) < 4.78 is 6.54. The van der Waals surface area contributed by atoms with Crippen LogP contribution in [0.3, 0.4) is 0 Å². The van der Waals surface area contributed by atoms with E-state index in [2.05, 4.69) is 5.32 Å². The molecule has 120 valence electrons. The molecule has 0 aliphatic rings. The largest absolute Gasteiger partial charge is 0.368 e. The van der Waals surface area contributed by atoms with Crippen LogP contribution in [0.5, 0.6) is 0 Å². The van der Waals surface area contributed by atoms with E-state index in [1.165, 1.54) is 10.8 Å². The molecule has 1 amide bonds. The third-order valence-corrected chi connectivity index (χ3v) is 2.83. The topological polar surface area (TPSA) is 117 Å². The summed E-state index contributed by atoms with van der Waals surface area (Å²) in [6.45, 7) is 6.44. The molecular formula is C14H20N4O4. The first kappa shape index (κ1) is 17.7. The maximum absolute atomic E-state index is 11.8. The van der Waals surface area contributed by atoms with Gasteiger partial charge in [-0.15, -0.1) is 0 Å². The van der Waals surface area contributed by atoms with E-state index in [0.717, 1.165) is 0 Å². The Labute approximate surface area is 127 Å². The van der Waals surface area contributed by atoms with Crippen molar-refractivity contribution in [1.82, 2.24) is 14.9 Å². The van der Waals surface area contributed by atoms with Gasteiger partial charge in [0.1, 0.15) is 17.7 Å². The molecule has 1 heterocycles. The molecule has 1 atom stereocenters. The molecule has 1 aromatic heterocycles. The average molecular weight is 308 g/mol. The van der Waals surface area contributed by atoms with Crippen molar-refractivity contribution >= 4 is 5.91 Å². The number of aromatic amines is 1. The fourth-order valence-electron chi connectivity index (χ4n) is 1.61. The Hall–Kier alpha value is -2.40. The Morgan fingerprint density at radius 1 is 1.45 bits per heavy atom. The quantitative estimate of drug-likeness (QED) is 0.710. The van der Waals surface area contributed by atoms with Gasteiger partial charge in [-0.3, -0.25) is 19.1 Å². The molecule has 22 heavy (non-hydrogen) atoms. The molecule has 8 heteroatoms. The van der Waals surface area contributed by atoms with Crippen molar-refractivity contribution in [2.75, 3.05) is 13.2 Å². The third-order valence-electron chi connectivity index (χ3n) is 2.83. The summed E-state index contributed by atoms with van der Waals surface area (Å²) in [5.41, 5.74) is -1.49. The molecule has 1 aromatic rings. The van der Waals surface area contributed by atoms with Crippen LogP contribution in [-0.4, -0.2) is 34.7 Å². The van der Waals surface area contributed by atoms with Crippen molar-refractivity contribution < 1.29 is 9.53 Å². The van der Waals surface area contributed by atoms with Gasteiger partial charge in [-0.25, -0.2) is 4.79 Å². The molecule has 0 aliphatic heterocycles. The molecule has 8 nitrogen and oxygen atoms in total. The van der Waals surface area contributed by atoms with E-state index >= 15 is 0 Å². The Bertz CT molecular complexity index is 669. The molecule has 1 unspecified atom stereocenters. The normalized spacial score (nSPS) is 12.0. The van der Waals surface area contributed by atoms with Gasteiger partial charge in [0.25, 0.3) is 5.56 Å². The number of nitrogens with one attached hydrogen (secondary N) is 2. The van der Waals surface area contributed by atoms with E-state index in [9.17, 15) is 14.4 Å². The van der Waals surface area contributed by atoms with Gasteiger partial charge in [0.15, 0.2) is 0 Å². The minimum absolute atomic E-state index is 0.146. The number of ether oxygens (including phenoxy) is 1. The molecule has 2 N–H and O–H groups in total. The number of amides is 1. The van der Waals surface area contributed by atoms with Crippen LogP contribution in [0.4, 0.5) is 0 Å². The van der Waals surface area contributed by atoms with E-state index in [-0.39, 0.29) is 24.6 Å². The molecule has 0 radical (unpaired) electrons. The fraction of sp³-hybridized carbons (Fsp3) is 0.571. The van der Waals surface area contributed by atoms with Crippen LogP contribution in [0.25, 0.3) is 0 Å². The van der Waals surface area contributed by atoms with E-state index < -0.39 is 17.4 Å². The second-order valence-corrected chi connectivity index (χ2v) is 5.27. The van der Waals surface area contributed by atoms with Crippen molar-refractivity contribution in [3.05, 3.63) is 32.6 Å². The lowest BCUT2D eigenvalue weighted by atomic mass is 10.2. The molecule has 0 spiro atoms. The first-order valence-electron chi connectivity index (χ1n) is 6.98. The molecule has 0 bridgehead atoms. The van der Waals surface area contributed by atoms with E-state index in [0.29, 0.717) is 12.5 Å². The highest BCUT2D eigenvalue weighted by atomic mass is 16.5. The van der Waals surface area contributed by atoms with Crippen LogP contribution < -0.4 is 16.6 Å². The Morgan fingerprint density at radius 2 is 2.14 bits per heavy atom. The minimum Gasteiger partial charge on any atom is -0.368 e. The Kier molecular flexibility index (Phi) is 6.53. The van der Waals surface area contributed by atoms with Gasteiger partial charge in [-0.05, 0) is 12.8 Å². The number of rotatable bonds is 7. The number of H-pyrrole nitrogens is 1. The third kappa shape index (κ3) is 5.18. The fourth-order valence-corrected chi connectivity index (χ4v) is 1.61. The predicted octanol–water partition coefficient (Wildman–Crippen LogP) is -0.414. The summed E-state index contributed by atoms with van der Waals surface area (Å²) in [6.07, 6.45) is 0.593. The first-order chi connectivity index (χ1) is 10.3. The summed E-state index contributed by atoms with van der Waals surface area (Å²) in [5.74, 6) is 0.0537. The molecule has 0 saturated heterocycles. The lowest BCUT2D eigenvalue weighted by molar-refractivity contribution is -0.132. The van der Waals surface area contributed by atoms with Crippen molar-refractivity contribution in [2.45, 2.75) is 33.4 Å². The smallest absolute Gasteiger partial charge is 0.328 e. The summed E-state index contributed by atoms with van der Waals surface area (Å²) in [7, 11) is 0. The number of nitrogens with zero attached hydrogens (tertiary/aromatic N) is 2. The molecule has 0 fully saturated rings. The van der Waals surface area contributed by atoms with Crippen molar-refractivity contribution in [2.24, 2.45) is 5.92 Å². The van der Waals surface area contributed by atoms with E-state index in [4.69, 9.17) is 10.00 Å². The van der Waals surface area contributed by atoms with Crippen LogP contribution in [-0.2, 0) is 16.1 Å². The number of hydrogen-bond donors (Lipinski definition) is 2. The molecule has 1 rings (SSSR count). The SMILES string of the molecule is CC(C)COC(C)C(=O)NCCn1cc(C#N)c(=O)[nH]c1=O. The maximum atomic E-state index is 11.8. The summed E-state index contributed by atoms with van der Waals surface area (Å²) in [5, 5.41) is 11.4. The lowest BCUT2D eigenvalue weighted by Gasteiger charge is -2.15. The summed E-state index contributed by atoms with van der Waals surface area (Å²) in [4.78, 5) is 36.6. The second kappa shape index (κ2) is 8.14. The van der Waals surface area contributed by atoms with Gasteiger partial charge >= 0.3 is 5.69 Å². The van der Waals surface area contributed by atoms with Crippen molar-refractivity contribution in [1.29, 1.82) is 5.26 Å². The maximum Gasteiger partial charge on any atom is 0.328 e. The average Bonchev–Trinajstić information content (AvgIpc) is 2.46. The van der Waals surface area contributed by atoms with Crippen molar-refractivity contribution in [3.8, 4) is 6.07 Å². The van der Waals surface area contributed by atoms with Gasteiger partial charge < -0.3 is 10.1 Å². The number of carbonyl (C=O) groups excluding carboxylic acids is 1. The Morgan fingerprint density at radius 3 is 2.73 bits per heavy atom. The predicted molar refractivity (Wildman–Crippen MR) is 79.3 cm³/mol. The highest BCUT2D eigenvalue weighted by molar-refractivity contribution is 5.80. The zero-order chi connectivity index (χ0) is 16.7. The number of nitriles is 1. The van der Waals surface area contributed by atoms with E-state index in [1.807, 2.05) is 18.8 Å². The van der Waals surface area contributed by atoms with Crippen LogP contribution in [0, 0.1) is 17.2 Å². The van der Waals surface area contributed by atoms with Gasteiger partial charge in [0.05, 0.1) is 0 Å².